The molecule has 0 saturated heterocycles. The van der Waals surface area contributed by atoms with Crippen LogP contribution in [-0.2, 0) is 0 Å². The fourth-order valence-corrected chi connectivity index (χ4v) is 4.54. The summed E-state index contributed by atoms with van der Waals surface area (Å²) in [5.41, 5.74) is 15.0. The van der Waals surface area contributed by atoms with Crippen molar-refractivity contribution in [2.45, 2.75) is 0 Å². The van der Waals surface area contributed by atoms with E-state index in [2.05, 4.69) is 84.9 Å². The van der Waals surface area contributed by atoms with Crippen LogP contribution in [0.2, 0.25) is 0 Å². The van der Waals surface area contributed by atoms with Gasteiger partial charge < -0.3 is 5.73 Å². The molecule has 0 aliphatic heterocycles. The summed E-state index contributed by atoms with van der Waals surface area (Å²) < 4.78 is 0. The highest BCUT2D eigenvalue weighted by atomic mass is 14.5. The largest absolute Gasteiger partial charge is 0.398 e. The quantitative estimate of drug-likeness (QED) is 0.412. The Balaban J connectivity index is 1.86. The Hall–Kier alpha value is -3.58. The maximum Gasteiger partial charge on any atom is 0.0400 e. The normalized spacial score (nSPS) is 13.8. The molecule has 2 N–H and O–H groups in total. The Labute approximate surface area is 157 Å². The molecule has 0 heterocycles. The standard InChI is InChI=1S/C26H17N/c27-25-13-12-21-19-9-4-2-7-17(19)15-24(21)26(25)22-11-5-10-20-18-8-3-1-6-16(18)14-23(20)22/h1-15H,27H2. The number of nitrogen functional groups attached to an aromatic ring is 1. The molecule has 2 aliphatic carbocycles. The molecule has 0 bridgehead atoms. The van der Waals surface area contributed by atoms with Crippen molar-refractivity contribution < 1.29 is 0 Å². The highest BCUT2D eigenvalue weighted by Gasteiger charge is 2.15. The summed E-state index contributed by atoms with van der Waals surface area (Å²) in [7, 11) is 0. The van der Waals surface area contributed by atoms with Gasteiger partial charge in [0, 0.05) is 10.9 Å². The van der Waals surface area contributed by atoms with Gasteiger partial charge in [-0.2, -0.15) is 0 Å². The first-order valence-corrected chi connectivity index (χ1v) is 9.25. The van der Waals surface area contributed by atoms with Gasteiger partial charge in [0.25, 0.3) is 0 Å². The Morgan fingerprint density at radius 3 is 1.81 bits per heavy atom. The van der Waals surface area contributed by atoms with Gasteiger partial charge in [-0.15, -0.1) is 0 Å². The summed E-state index contributed by atoms with van der Waals surface area (Å²) in [6.45, 7) is 0. The lowest BCUT2D eigenvalue weighted by Gasteiger charge is -2.04. The second-order valence-electron chi connectivity index (χ2n) is 7.22. The third kappa shape index (κ3) is 1.94. The van der Waals surface area contributed by atoms with Crippen molar-refractivity contribution >= 4 is 17.8 Å². The number of benzene rings is 4. The monoisotopic (exact) mass is 343 g/mol. The van der Waals surface area contributed by atoms with Gasteiger partial charge in [-0.05, 0) is 67.3 Å². The molecule has 0 spiro atoms. The summed E-state index contributed by atoms with van der Waals surface area (Å²) in [5, 5.41) is 4.85. The summed E-state index contributed by atoms with van der Waals surface area (Å²) in [5.74, 6) is 0. The molecule has 0 amide bonds. The molecule has 27 heavy (non-hydrogen) atoms. The highest BCUT2D eigenvalue weighted by Crippen LogP contribution is 2.29. The van der Waals surface area contributed by atoms with E-state index in [1.54, 1.807) is 0 Å². The number of hydrogen-bond donors (Lipinski definition) is 1. The molecule has 0 aromatic heterocycles. The van der Waals surface area contributed by atoms with Crippen molar-refractivity contribution in [3.8, 4) is 22.3 Å². The van der Waals surface area contributed by atoms with Gasteiger partial charge in [-0.1, -0.05) is 72.8 Å². The van der Waals surface area contributed by atoms with Crippen LogP contribution >= 0.6 is 0 Å². The van der Waals surface area contributed by atoms with E-state index in [1.807, 2.05) is 6.07 Å². The summed E-state index contributed by atoms with van der Waals surface area (Å²) in [4.78, 5) is 0. The first-order valence-electron chi connectivity index (χ1n) is 9.25. The smallest absolute Gasteiger partial charge is 0.0400 e. The van der Waals surface area contributed by atoms with Crippen LogP contribution in [0, 0.1) is 10.4 Å². The van der Waals surface area contributed by atoms with Crippen LogP contribution in [0.4, 0.5) is 5.69 Å². The fourth-order valence-electron chi connectivity index (χ4n) is 4.54. The first kappa shape index (κ1) is 14.6. The second kappa shape index (κ2) is 5.21. The number of fused-ring (bicyclic) bond motifs is 6. The Bertz CT molecular complexity index is 1480. The van der Waals surface area contributed by atoms with Crippen LogP contribution in [0.15, 0.2) is 78.9 Å². The van der Waals surface area contributed by atoms with E-state index in [0.717, 1.165) is 10.9 Å². The van der Waals surface area contributed by atoms with Gasteiger partial charge in [0.15, 0.2) is 0 Å². The lowest BCUT2D eigenvalue weighted by atomic mass is 10.0. The predicted molar refractivity (Wildman–Crippen MR) is 112 cm³/mol. The van der Waals surface area contributed by atoms with Crippen LogP contribution in [0.3, 0.4) is 0 Å². The van der Waals surface area contributed by atoms with Crippen LogP contribution in [0.25, 0.3) is 34.4 Å². The van der Waals surface area contributed by atoms with Gasteiger partial charge in [-0.25, -0.2) is 0 Å². The number of anilines is 1. The van der Waals surface area contributed by atoms with Crippen molar-refractivity contribution in [1.82, 2.24) is 0 Å². The van der Waals surface area contributed by atoms with Crippen molar-refractivity contribution in [2.24, 2.45) is 0 Å². The molecule has 0 saturated carbocycles. The van der Waals surface area contributed by atoms with Gasteiger partial charge >= 0.3 is 0 Å². The molecule has 126 valence electrons. The molecule has 6 rings (SSSR count). The van der Waals surface area contributed by atoms with Gasteiger partial charge in [0.05, 0.1) is 0 Å². The van der Waals surface area contributed by atoms with E-state index in [4.69, 9.17) is 5.73 Å². The van der Waals surface area contributed by atoms with Crippen LogP contribution < -0.4 is 16.2 Å². The molecule has 2 aliphatic rings. The molecule has 0 radical (unpaired) electrons. The molecular formula is C26H17N. The zero-order chi connectivity index (χ0) is 18.0. The Kier molecular flexibility index (Phi) is 2.81. The fraction of sp³-hybridized carbons (Fsp3) is 0. The minimum Gasteiger partial charge on any atom is -0.398 e. The lowest BCUT2D eigenvalue weighted by molar-refractivity contribution is 1.42. The topological polar surface area (TPSA) is 26.0 Å². The van der Waals surface area contributed by atoms with Crippen molar-refractivity contribution in [1.29, 1.82) is 0 Å². The zero-order valence-electron chi connectivity index (χ0n) is 14.7. The molecule has 0 atom stereocenters. The molecule has 4 aromatic carbocycles. The average molecular weight is 343 g/mol. The van der Waals surface area contributed by atoms with E-state index in [-0.39, 0.29) is 0 Å². The average Bonchev–Trinajstić information content (AvgIpc) is 3.26. The SMILES string of the molecule is Nc1ccc2c(c1=c1cccc3c1=Cc1ccccc1-3)=Cc1ccccc1-2. The molecule has 1 heteroatoms. The molecule has 4 aromatic rings. The van der Waals surface area contributed by atoms with Gasteiger partial charge in [0.2, 0.25) is 0 Å². The molecular weight excluding hydrogens is 326 g/mol. The van der Waals surface area contributed by atoms with E-state index < -0.39 is 0 Å². The first-order chi connectivity index (χ1) is 13.3. The van der Waals surface area contributed by atoms with Crippen molar-refractivity contribution in [3.63, 3.8) is 0 Å². The zero-order valence-corrected chi connectivity index (χ0v) is 14.7. The van der Waals surface area contributed by atoms with Crippen LogP contribution in [-0.4, -0.2) is 0 Å². The van der Waals surface area contributed by atoms with Crippen LogP contribution in [0.5, 0.6) is 0 Å². The van der Waals surface area contributed by atoms with Crippen molar-refractivity contribution in [3.05, 3.63) is 111 Å². The number of hydrogen-bond acceptors (Lipinski definition) is 1. The maximum atomic E-state index is 6.53. The number of rotatable bonds is 0. The van der Waals surface area contributed by atoms with E-state index in [0.29, 0.717) is 0 Å². The van der Waals surface area contributed by atoms with Crippen LogP contribution in [0.1, 0.15) is 11.1 Å². The Morgan fingerprint density at radius 1 is 0.481 bits per heavy atom. The van der Waals surface area contributed by atoms with Gasteiger partial charge in [-0.3, -0.25) is 0 Å². The van der Waals surface area contributed by atoms with E-state index >= 15 is 0 Å². The minimum atomic E-state index is 0.829. The third-order valence-corrected chi connectivity index (χ3v) is 5.75. The molecule has 0 unspecified atom stereocenters. The Morgan fingerprint density at radius 2 is 1.07 bits per heavy atom. The van der Waals surface area contributed by atoms with Crippen molar-refractivity contribution in [2.75, 3.05) is 5.73 Å². The maximum absolute atomic E-state index is 6.53. The minimum absolute atomic E-state index is 0.829. The van der Waals surface area contributed by atoms with Gasteiger partial charge in [0.1, 0.15) is 0 Å². The van der Waals surface area contributed by atoms with E-state index in [9.17, 15) is 0 Å². The molecule has 0 fully saturated rings. The number of nitrogens with two attached hydrogens (primary N) is 1. The summed E-state index contributed by atoms with van der Waals surface area (Å²) in [6, 6.07) is 27.9. The molecule has 1 nitrogen and oxygen atoms in total. The highest BCUT2D eigenvalue weighted by molar-refractivity contribution is 5.85. The van der Waals surface area contributed by atoms with E-state index in [1.165, 1.54) is 49.0 Å². The lowest BCUT2D eigenvalue weighted by Crippen LogP contribution is -2.13. The summed E-state index contributed by atoms with van der Waals surface area (Å²) >= 11 is 0. The summed E-state index contributed by atoms with van der Waals surface area (Å²) in [6.07, 6.45) is 4.57. The third-order valence-electron chi connectivity index (χ3n) is 5.75. The predicted octanol–water partition coefficient (Wildman–Crippen LogP) is 4.17. The second-order valence-corrected chi connectivity index (χ2v) is 7.22.